The quantitative estimate of drug-likeness (QED) is 0.661. The maximum atomic E-state index is 12.8. The van der Waals surface area contributed by atoms with Crippen LogP contribution in [0.2, 0.25) is 0 Å². The van der Waals surface area contributed by atoms with Crippen molar-refractivity contribution >= 4 is 30.4 Å². The molecular weight excluding hydrogens is 312 g/mol. The molecule has 0 fully saturated rings. The average molecular weight is 335 g/mol. The highest BCUT2D eigenvalue weighted by atomic mass is 33.1. The van der Waals surface area contributed by atoms with E-state index in [-0.39, 0.29) is 10.8 Å². The Morgan fingerprint density at radius 2 is 1.05 bits per heavy atom. The molecule has 2 nitrogen and oxygen atoms in total. The van der Waals surface area contributed by atoms with Crippen LogP contribution in [0.25, 0.3) is 10.8 Å². The Morgan fingerprint density at radius 3 is 1.36 bits per heavy atom. The molecule has 0 radical (unpaired) electrons. The van der Waals surface area contributed by atoms with Gasteiger partial charge in [0.05, 0.1) is 9.79 Å². The van der Waals surface area contributed by atoms with Crippen LogP contribution in [-0.4, -0.2) is 8.42 Å². The highest BCUT2D eigenvalue weighted by Gasteiger charge is 2.37. The second-order valence-electron chi connectivity index (χ2n) is 7.95. The first-order valence-electron chi connectivity index (χ1n) is 7.48. The summed E-state index contributed by atoms with van der Waals surface area (Å²) in [5.74, 6) is 0. The maximum Gasteiger partial charge on any atom is 0.149 e. The highest BCUT2D eigenvalue weighted by molar-refractivity contribution is 8.61. The molecule has 0 aliphatic carbocycles. The zero-order chi connectivity index (χ0) is 16.4. The first-order valence-corrected chi connectivity index (χ1v) is 10.3. The maximum absolute atomic E-state index is 12.8. The number of rotatable bonds is 0. The minimum atomic E-state index is -1.48. The van der Waals surface area contributed by atoms with Crippen molar-refractivity contribution in [3.63, 3.8) is 0 Å². The van der Waals surface area contributed by atoms with Crippen molar-refractivity contribution in [1.82, 2.24) is 0 Å². The lowest BCUT2D eigenvalue weighted by atomic mass is 9.83. The molecule has 0 saturated carbocycles. The molecule has 2 aromatic rings. The van der Waals surface area contributed by atoms with Crippen LogP contribution in [-0.2, 0) is 30.5 Å². The van der Waals surface area contributed by atoms with Crippen molar-refractivity contribution in [2.75, 3.05) is 0 Å². The van der Waals surface area contributed by atoms with Crippen LogP contribution in [0, 0.1) is 0 Å². The molecular formula is C18H22O2S2. The number of hydrogen-bond donors (Lipinski definition) is 0. The third kappa shape index (κ3) is 2.19. The van der Waals surface area contributed by atoms with E-state index in [2.05, 4.69) is 53.7 Å². The Kier molecular flexibility index (Phi) is 3.43. The van der Waals surface area contributed by atoms with Crippen molar-refractivity contribution in [3.8, 4) is 0 Å². The van der Waals surface area contributed by atoms with Gasteiger partial charge in [0.2, 0.25) is 0 Å². The Hall–Kier alpha value is -1.00. The number of benzene rings is 2. The molecule has 0 N–H and O–H groups in total. The first-order chi connectivity index (χ1) is 10.0. The van der Waals surface area contributed by atoms with E-state index in [0.29, 0.717) is 0 Å². The second kappa shape index (κ2) is 4.75. The van der Waals surface area contributed by atoms with E-state index in [1.807, 2.05) is 12.1 Å². The van der Waals surface area contributed by atoms with Gasteiger partial charge in [-0.25, -0.2) is 8.42 Å². The molecule has 1 heterocycles. The van der Waals surface area contributed by atoms with Crippen molar-refractivity contribution in [1.29, 1.82) is 0 Å². The lowest BCUT2D eigenvalue weighted by Crippen LogP contribution is -2.14. The number of hydrogen-bond acceptors (Lipinski definition) is 2. The van der Waals surface area contributed by atoms with E-state index >= 15 is 0 Å². The van der Waals surface area contributed by atoms with Gasteiger partial charge in [-0.3, -0.25) is 0 Å². The lowest BCUT2D eigenvalue weighted by molar-refractivity contribution is 0.574. The Balaban J connectivity index is 2.52. The molecule has 118 valence electrons. The van der Waals surface area contributed by atoms with Crippen molar-refractivity contribution in [3.05, 3.63) is 35.4 Å². The van der Waals surface area contributed by atoms with E-state index in [1.165, 1.54) is 0 Å². The fourth-order valence-electron chi connectivity index (χ4n) is 3.03. The Bertz CT molecular complexity index is 770. The molecule has 2 aromatic carbocycles. The molecule has 4 heteroatoms. The van der Waals surface area contributed by atoms with Gasteiger partial charge in [-0.05, 0) is 27.3 Å². The summed E-state index contributed by atoms with van der Waals surface area (Å²) in [6, 6.07) is 8.21. The van der Waals surface area contributed by atoms with Crippen LogP contribution < -0.4 is 0 Å². The van der Waals surface area contributed by atoms with Crippen LogP contribution in [0.1, 0.15) is 52.7 Å². The first kappa shape index (κ1) is 15.9. The van der Waals surface area contributed by atoms with E-state index in [0.717, 1.165) is 31.7 Å². The van der Waals surface area contributed by atoms with Crippen LogP contribution in [0.5, 0.6) is 0 Å². The fraction of sp³-hybridized carbons (Fsp3) is 0.444. The molecule has 1 aliphatic heterocycles. The third-order valence-corrected chi connectivity index (χ3v) is 7.79. The standard InChI is InChI=1S/C18H22O2S2/c1-17(2,3)12-9-7-11-8-10-13(18(4,5)6)16-14(11)15(12)21(19)22(16)20/h7-10H,1-6H3/t21-,22-/m1/s1. The van der Waals surface area contributed by atoms with Gasteiger partial charge in [0.1, 0.15) is 19.7 Å². The van der Waals surface area contributed by atoms with Gasteiger partial charge >= 0.3 is 0 Å². The van der Waals surface area contributed by atoms with Crippen LogP contribution in [0.15, 0.2) is 34.1 Å². The summed E-state index contributed by atoms with van der Waals surface area (Å²) >= 11 is 0. The molecule has 0 saturated heterocycles. The average Bonchev–Trinajstić information content (AvgIpc) is 2.64. The fourth-order valence-corrected chi connectivity index (χ4v) is 7.23. The van der Waals surface area contributed by atoms with E-state index in [1.54, 1.807) is 0 Å². The largest absolute Gasteiger partial charge is 0.240 e. The van der Waals surface area contributed by atoms with Gasteiger partial charge in [0.15, 0.2) is 0 Å². The third-order valence-electron chi connectivity index (χ3n) is 4.18. The molecule has 0 unspecified atom stereocenters. The molecule has 22 heavy (non-hydrogen) atoms. The summed E-state index contributed by atoms with van der Waals surface area (Å²) in [5, 5.41) is 1.99. The lowest BCUT2D eigenvalue weighted by Gasteiger charge is -2.23. The minimum absolute atomic E-state index is 0.122. The van der Waals surface area contributed by atoms with Gasteiger partial charge in [-0.2, -0.15) is 0 Å². The molecule has 0 aromatic heterocycles. The Labute approximate surface area is 136 Å². The molecule has 0 bridgehead atoms. The summed E-state index contributed by atoms with van der Waals surface area (Å²) in [6.07, 6.45) is 0. The minimum Gasteiger partial charge on any atom is -0.240 e. The van der Waals surface area contributed by atoms with Gasteiger partial charge in [-0.1, -0.05) is 65.8 Å². The van der Waals surface area contributed by atoms with Crippen LogP contribution in [0.4, 0.5) is 0 Å². The molecule has 0 spiro atoms. The van der Waals surface area contributed by atoms with Gasteiger partial charge < -0.3 is 0 Å². The summed E-state index contributed by atoms with van der Waals surface area (Å²) in [5.41, 5.74) is 1.83. The highest BCUT2D eigenvalue weighted by Crippen LogP contribution is 2.46. The Morgan fingerprint density at radius 1 is 0.682 bits per heavy atom. The normalized spacial score (nSPS) is 21.5. The predicted molar refractivity (Wildman–Crippen MR) is 94.2 cm³/mol. The van der Waals surface area contributed by atoms with Crippen molar-refractivity contribution < 1.29 is 8.42 Å². The molecule has 2 atom stereocenters. The summed E-state index contributed by atoms with van der Waals surface area (Å²) in [4.78, 5) is 1.56. The zero-order valence-corrected chi connectivity index (χ0v) is 15.6. The smallest absolute Gasteiger partial charge is 0.149 e. The van der Waals surface area contributed by atoms with E-state index in [4.69, 9.17) is 0 Å². The van der Waals surface area contributed by atoms with Crippen molar-refractivity contribution in [2.45, 2.75) is 62.2 Å². The second-order valence-corrected chi connectivity index (χ2v) is 11.5. The topological polar surface area (TPSA) is 34.1 Å². The summed E-state index contributed by atoms with van der Waals surface area (Å²) in [7, 11) is -2.96. The predicted octanol–water partition coefficient (Wildman–Crippen LogP) is 4.58. The summed E-state index contributed by atoms with van der Waals surface area (Å²) < 4.78 is 25.7. The van der Waals surface area contributed by atoms with Gasteiger partial charge in [0.25, 0.3) is 0 Å². The SMILES string of the molecule is CC(C)(C)c1ccc2ccc(C(C)(C)C)c3c2c1[S@](=O)[S@]3=O. The zero-order valence-electron chi connectivity index (χ0n) is 13.9. The van der Waals surface area contributed by atoms with E-state index < -0.39 is 19.7 Å². The van der Waals surface area contributed by atoms with Crippen LogP contribution in [0.3, 0.4) is 0 Å². The van der Waals surface area contributed by atoms with Crippen LogP contribution >= 0.6 is 0 Å². The van der Waals surface area contributed by atoms with E-state index in [9.17, 15) is 8.42 Å². The van der Waals surface area contributed by atoms with Gasteiger partial charge in [0, 0.05) is 5.39 Å². The molecule has 3 rings (SSSR count). The van der Waals surface area contributed by atoms with Gasteiger partial charge in [-0.15, -0.1) is 0 Å². The monoisotopic (exact) mass is 334 g/mol. The van der Waals surface area contributed by atoms with Crippen molar-refractivity contribution in [2.24, 2.45) is 0 Å². The summed E-state index contributed by atoms with van der Waals surface area (Å²) in [6.45, 7) is 12.6. The molecule has 0 amide bonds. The molecule has 1 aliphatic rings.